The molecule has 0 unspecified atom stereocenters. The van der Waals surface area contributed by atoms with Gasteiger partial charge in [-0.1, -0.05) is 11.2 Å². The smallest absolute Gasteiger partial charge is 0.244 e. The molecule has 0 aliphatic carbocycles. The van der Waals surface area contributed by atoms with Crippen LogP contribution in [0.3, 0.4) is 0 Å². The van der Waals surface area contributed by atoms with Crippen LogP contribution in [0, 0.1) is 0 Å². The molecule has 3 heterocycles. The molecule has 1 saturated heterocycles. The van der Waals surface area contributed by atoms with Crippen molar-refractivity contribution in [3.05, 3.63) is 23.4 Å². The Labute approximate surface area is 122 Å². The van der Waals surface area contributed by atoms with Gasteiger partial charge in [0.25, 0.3) is 0 Å². The highest BCUT2D eigenvalue weighted by atomic mass is 32.1. The Morgan fingerprint density at radius 3 is 2.75 bits per heavy atom. The van der Waals surface area contributed by atoms with Crippen molar-refractivity contribution in [3.63, 3.8) is 0 Å². The van der Waals surface area contributed by atoms with Crippen LogP contribution in [0.1, 0.15) is 32.7 Å². The van der Waals surface area contributed by atoms with E-state index in [1.807, 2.05) is 17.5 Å². The molecule has 6 heteroatoms. The minimum absolute atomic E-state index is 0.116. The number of aromatic nitrogens is 2. The zero-order valence-corrected chi connectivity index (χ0v) is 12.8. The van der Waals surface area contributed by atoms with E-state index in [0.29, 0.717) is 11.7 Å². The second-order valence-corrected chi connectivity index (χ2v) is 6.27. The molecule has 3 atom stereocenters. The average Bonchev–Trinajstić information content (AvgIpc) is 3.07. The summed E-state index contributed by atoms with van der Waals surface area (Å²) in [6, 6.07) is 4.11. The van der Waals surface area contributed by atoms with Crippen LogP contribution in [0.15, 0.2) is 22.0 Å². The lowest BCUT2D eigenvalue weighted by molar-refractivity contribution is -0.0818. The number of morpholine rings is 1. The fourth-order valence-corrected chi connectivity index (χ4v) is 3.25. The number of thiophene rings is 1. The molecule has 0 amide bonds. The third kappa shape index (κ3) is 2.77. The zero-order chi connectivity index (χ0) is 14.1. The van der Waals surface area contributed by atoms with E-state index in [4.69, 9.17) is 9.26 Å². The van der Waals surface area contributed by atoms with Gasteiger partial charge in [0.05, 0.1) is 23.1 Å². The van der Waals surface area contributed by atoms with Crippen LogP contribution in [-0.4, -0.2) is 40.3 Å². The first-order chi connectivity index (χ1) is 9.63. The quantitative estimate of drug-likeness (QED) is 0.871. The van der Waals surface area contributed by atoms with Crippen LogP contribution < -0.4 is 0 Å². The molecule has 0 bridgehead atoms. The number of nitrogens with zero attached hydrogens (tertiary/aromatic N) is 3. The van der Waals surface area contributed by atoms with Crippen molar-refractivity contribution in [2.24, 2.45) is 0 Å². The molecule has 2 aromatic rings. The van der Waals surface area contributed by atoms with E-state index < -0.39 is 0 Å². The first-order valence-electron chi connectivity index (χ1n) is 6.90. The molecular weight excluding hydrogens is 274 g/mol. The minimum Gasteiger partial charge on any atom is -0.373 e. The molecule has 3 rings (SSSR count). The predicted octanol–water partition coefficient (Wildman–Crippen LogP) is 2.97. The van der Waals surface area contributed by atoms with Crippen LogP contribution in [0.5, 0.6) is 0 Å². The van der Waals surface area contributed by atoms with E-state index in [1.54, 1.807) is 11.3 Å². The van der Waals surface area contributed by atoms with Crippen molar-refractivity contribution in [3.8, 4) is 10.7 Å². The third-order valence-corrected chi connectivity index (χ3v) is 4.40. The number of ether oxygens (including phenoxy) is 1. The van der Waals surface area contributed by atoms with Crippen molar-refractivity contribution in [1.29, 1.82) is 0 Å². The lowest BCUT2D eigenvalue weighted by Gasteiger charge is -2.37. The Hall–Kier alpha value is -1.24. The van der Waals surface area contributed by atoms with Gasteiger partial charge in [-0.3, -0.25) is 4.90 Å². The van der Waals surface area contributed by atoms with Crippen molar-refractivity contribution < 1.29 is 9.26 Å². The van der Waals surface area contributed by atoms with Crippen LogP contribution in [0.2, 0.25) is 0 Å². The van der Waals surface area contributed by atoms with Crippen molar-refractivity contribution in [1.82, 2.24) is 15.0 Å². The third-order valence-electron chi connectivity index (χ3n) is 3.54. The van der Waals surface area contributed by atoms with Crippen LogP contribution in [0.4, 0.5) is 0 Å². The van der Waals surface area contributed by atoms with E-state index in [0.717, 1.165) is 18.0 Å². The maximum absolute atomic E-state index is 5.76. The van der Waals surface area contributed by atoms with Crippen molar-refractivity contribution in [2.75, 3.05) is 13.1 Å². The van der Waals surface area contributed by atoms with Gasteiger partial charge in [-0.05, 0) is 32.2 Å². The molecule has 108 valence electrons. The molecule has 1 fully saturated rings. The molecule has 0 saturated carbocycles. The van der Waals surface area contributed by atoms with Gasteiger partial charge in [0.1, 0.15) is 0 Å². The summed E-state index contributed by atoms with van der Waals surface area (Å²) in [5, 5.41) is 6.09. The largest absolute Gasteiger partial charge is 0.373 e. The van der Waals surface area contributed by atoms with Gasteiger partial charge in [-0.2, -0.15) is 4.98 Å². The minimum atomic E-state index is 0.116. The Morgan fingerprint density at radius 1 is 1.35 bits per heavy atom. The Balaban J connectivity index is 1.75. The molecule has 0 spiro atoms. The van der Waals surface area contributed by atoms with Crippen molar-refractivity contribution >= 4 is 11.3 Å². The summed E-state index contributed by atoms with van der Waals surface area (Å²) in [7, 11) is 0. The lowest BCUT2D eigenvalue weighted by atomic mass is 10.2. The first kappa shape index (κ1) is 13.7. The van der Waals surface area contributed by atoms with E-state index in [1.165, 1.54) is 0 Å². The van der Waals surface area contributed by atoms with Gasteiger partial charge >= 0.3 is 0 Å². The fraction of sp³-hybridized carbons (Fsp3) is 0.571. The van der Waals surface area contributed by atoms with Gasteiger partial charge in [-0.15, -0.1) is 11.3 Å². The van der Waals surface area contributed by atoms with E-state index in [-0.39, 0.29) is 18.2 Å². The summed E-state index contributed by atoms with van der Waals surface area (Å²) < 4.78 is 11.2. The molecule has 2 aromatic heterocycles. The van der Waals surface area contributed by atoms with E-state index in [2.05, 4.69) is 35.8 Å². The molecule has 0 N–H and O–H groups in total. The van der Waals surface area contributed by atoms with Crippen molar-refractivity contribution in [2.45, 2.75) is 39.0 Å². The molecule has 20 heavy (non-hydrogen) atoms. The summed E-state index contributed by atoms with van der Waals surface area (Å²) in [6.07, 6.45) is 0.474. The maximum Gasteiger partial charge on any atom is 0.244 e. The van der Waals surface area contributed by atoms with Crippen LogP contribution >= 0.6 is 11.3 Å². The Bertz CT molecular complexity index is 545. The first-order valence-corrected chi connectivity index (χ1v) is 7.78. The highest BCUT2D eigenvalue weighted by Gasteiger charge is 2.29. The van der Waals surface area contributed by atoms with Gasteiger partial charge in [0.15, 0.2) is 0 Å². The Kier molecular flexibility index (Phi) is 3.87. The van der Waals surface area contributed by atoms with Gasteiger partial charge in [0, 0.05) is 13.1 Å². The molecule has 5 nitrogen and oxygen atoms in total. The monoisotopic (exact) mass is 293 g/mol. The molecule has 1 aliphatic rings. The normalized spacial score (nSPS) is 25.8. The number of hydrogen-bond donors (Lipinski definition) is 0. The fourth-order valence-electron chi connectivity index (χ4n) is 2.60. The highest BCUT2D eigenvalue weighted by Crippen LogP contribution is 2.27. The number of hydrogen-bond acceptors (Lipinski definition) is 6. The second kappa shape index (κ2) is 5.63. The number of rotatable bonds is 3. The average molecular weight is 293 g/mol. The van der Waals surface area contributed by atoms with Crippen LogP contribution in [-0.2, 0) is 4.74 Å². The summed E-state index contributed by atoms with van der Waals surface area (Å²) in [5.74, 6) is 1.35. The topological polar surface area (TPSA) is 51.4 Å². The predicted molar refractivity (Wildman–Crippen MR) is 77.6 cm³/mol. The lowest BCUT2D eigenvalue weighted by Crippen LogP contribution is -2.46. The molecular formula is C14H19N3O2S. The summed E-state index contributed by atoms with van der Waals surface area (Å²) in [6.45, 7) is 8.08. The standard InChI is InChI=1S/C14H19N3O2S/c1-9-7-17(8-10(2)18-9)11(3)14-15-13(16-19-14)12-5-4-6-20-12/h4-6,9-11H,7-8H2,1-3H3/t9-,10-,11-/m1/s1. The summed E-state index contributed by atoms with van der Waals surface area (Å²) in [5.41, 5.74) is 0. The van der Waals surface area contributed by atoms with E-state index >= 15 is 0 Å². The second-order valence-electron chi connectivity index (χ2n) is 5.32. The molecule has 0 aromatic carbocycles. The van der Waals surface area contributed by atoms with Crippen LogP contribution in [0.25, 0.3) is 10.7 Å². The molecule has 0 radical (unpaired) electrons. The van der Waals surface area contributed by atoms with Gasteiger partial charge in [0.2, 0.25) is 11.7 Å². The van der Waals surface area contributed by atoms with Gasteiger partial charge in [-0.25, -0.2) is 0 Å². The zero-order valence-electron chi connectivity index (χ0n) is 11.9. The summed E-state index contributed by atoms with van der Waals surface area (Å²) >= 11 is 1.62. The molecule has 1 aliphatic heterocycles. The highest BCUT2D eigenvalue weighted by molar-refractivity contribution is 7.13. The Morgan fingerprint density at radius 2 is 2.10 bits per heavy atom. The SMILES string of the molecule is C[C@@H]1CN([C@H](C)c2nc(-c3cccs3)no2)C[C@@H](C)O1. The van der Waals surface area contributed by atoms with Gasteiger partial charge < -0.3 is 9.26 Å². The summed E-state index contributed by atoms with van der Waals surface area (Å²) in [4.78, 5) is 7.90. The van der Waals surface area contributed by atoms with E-state index in [9.17, 15) is 0 Å². The maximum atomic E-state index is 5.76.